The van der Waals surface area contributed by atoms with Crippen LogP contribution in [0.5, 0.6) is 0 Å². The van der Waals surface area contributed by atoms with E-state index in [1.807, 2.05) is 0 Å². The first kappa shape index (κ1) is 12.8. The molecule has 0 radical (unpaired) electrons. The average molecular weight is 255 g/mol. The van der Waals surface area contributed by atoms with Gasteiger partial charge in [0.25, 0.3) is 5.91 Å². The monoisotopic (exact) mass is 255 g/mol. The van der Waals surface area contributed by atoms with Gasteiger partial charge in [0, 0.05) is 12.3 Å². The van der Waals surface area contributed by atoms with E-state index < -0.39 is 0 Å². The van der Waals surface area contributed by atoms with Gasteiger partial charge in [-0.3, -0.25) is 9.78 Å². The van der Waals surface area contributed by atoms with E-state index in [-0.39, 0.29) is 11.6 Å². The Morgan fingerprint density at radius 3 is 2.84 bits per heavy atom. The van der Waals surface area contributed by atoms with Gasteiger partial charge in [0.15, 0.2) is 0 Å². The third-order valence-corrected chi connectivity index (χ3v) is 2.57. The van der Waals surface area contributed by atoms with Gasteiger partial charge in [-0.1, -0.05) is 12.6 Å². The van der Waals surface area contributed by atoms with E-state index in [0.29, 0.717) is 22.7 Å². The molecule has 5 nitrogen and oxygen atoms in total. The Labute approximate surface area is 110 Å². The molecule has 96 valence electrons. The van der Waals surface area contributed by atoms with Gasteiger partial charge in [-0.25, -0.2) is 0 Å². The Morgan fingerprint density at radius 1 is 1.42 bits per heavy atom. The molecule has 1 aromatic heterocycles. The molecule has 1 aromatic rings. The van der Waals surface area contributed by atoms with Crippen LogP contribution >= 0.6 is 0 Å². The molecule has 0 unspecified atom stereocenters. The van der Waals surface area contributed by atoms with Crippen LogP contribution in [0.2, 0.25) is 0 Å². The number of ether oxygens (including phenoxy) is 1. The highest BCUT2D eigenvalue weighted by Crippen LogP contribution is 2.18. The largest absolute Gasteiger partial charge is 0.494 e. The minimum atomic E-state index is -0.337. The van der Waals surface area contributed by atoms with Crippen LogP contribution in [0, 0.1) is 5.41 Å². The van der Waals surface area contributed by atoms with Gasteiger partial charge in [0.2, 0.25) is 0 Å². The number of amides is 1. The summed E-state index contributed by atoms with van der Waals surface area (Å²) in [5, 5.41) is 10.3. The highest BCUT2D eigenvalue weighted by atomic mass is 16.5. The van der Waals surface area contributed by atoms with Crippen molar-refractivity contribution < 1.29 is 9.53 Å². The lowest BCUT2D eigenvalue weighted by atomic mass is 10.0. The van der Waals surface area contributed by atoms with Crippen molar-refractivity contribution in [3.05, 3.63) is 65.9 Å². The maximum atomic E-state index is 12.0. The first-order chi connectivity index (χ1) is 9.11. The number of nitrogens with zero attached hydrogens (tertiary/aromatic N) is 1. The summed E-state index contributed by atoms with van der Waals surface area (Å²) < 4.78 is 5.14. The fourth-order valence-electron chi connectivity index (χ4n) is 1.57. The van der Waals surface area contributed by atoms with Gasteiger partial charge >= 0.3 is 0 Å². The number of rotatable bonds is 3. The number of pyridine rings is 1. The molecule has 0 bridgehead atoms. The molecule has 0 saturated carbocycles. The van der Waals surface area contributed by atoms with Gasteiger partial charge in [0.1, 0.15) is 11.5 Å². The first-order valence-electron chi connectivity index (χ1n) is 5.60. The smallest absolute Gasteiger partial charge is 0.274 e. The van der Waals surface area contributed by atoms with Crippen LogP contribution in [-0.2, 0) is 4.74 Å². The van der Waals surface area contributed by atoms with E-state index in [9.17, 15) is 4.79 Å². The Kier molecular flexibility index (Phi) is 3.56. The molecular weight excluding hydrogens is 242 g/mol. The normalized spacial score (nSPS) is 14.6. The summed E-state index contributed by atoms with van der Waals surface area (Å²) in [6.07, 6.45) is 4.66. The van der Waals surface area contributed by atoms with Crippen LogP contribution in [0.15, 0.2) is 60.2 Å². The molecule has 0 aliphatic heterocycles. The highest BCUT2D eigenvalue weighted by molar-refractivity contribution is 6.10. The summed E-state index contributed by atoms with van der Waals surface area (Å²) in [6.45, 7) is 3.73. The molecule has 0 spiro atoms. The summed E-state index contributed by atoms with van der Waals surface area (Å²) in [5.41, 5.74) is 1.55. The predicted octanol–water partition coefficient (Wildman–Crippen LogP) is 1.82. The molecule has 1 heterocycles. The zero-order valence-electron chi connectivity index (χ0n) is 10.4. The van der Waals surface area contributed by atoms with Gasteiger partial charge < -0.3 is 15.5 Å². The van der Waals surface area contributed by atoms with Crippen molar-refractivity contribution in [2.75, 3.05) is 7.11 Å². The number of allylic oxidation sites excluding steroid dienone is 3. The Balaban J connectivity index is 2.21. The zero-order valence-corrected chi connectivity index (χ0v) is 10.4. The van der Waals surface area contributed by atoms with Crippen LogP contribution in [0.3, 0.4) is 0 Å². The lowest BCUT2D eigenvalue weighted by Gasteiger charge is -2.17. The second kappa shape index (κ2) is 5.30. The number of methoxy groups -OCH3 is 1. The Hall–Kier alpha value is -2.69. The molecule has 0 fully saturated rings. The van der Waals surface area contributed by atoms with Crippen LogP contribution in [0.25, 0.3) is 0 Å². The molecule has 0 saturated heterocycles. The van der Waals surface area contributed by atoms with Crippen LogP contribution in [0.1, 0.15) is 10.5 Å². The summed E-state index contributed by atoms with van der Waals surface area (Å²) in [7, 11) is 1.48. The molecule has 1 aliphatic rings. The van der Waals surface area contributed by atoms with Crippen molar-refractivity contribution in [1.29, 1.82) is 5.41 Å². The van der Waals surface area contributed by atoms with Gasteiger partial charge in [-0.2, -0.15) is 0 Å². The number of nitrogens with one attached hydrogen (secondary N) is 2. The van der Waals surface area contributed by atoms with Crippen molar-refractivity contribution in [3.8, 4) is 0 Å². The van der Waals surface area contributed by atoms with Gasteiger partial charge in [0.05, 0.1) is 18.5 Å². The summed E-state index contributed by atoms with van der Waals surface area (Å²) in [6, 6.07) is 5.09. The fourth-order valence-corrected chi connectivity index (χ4v) is 1.57. The maximum absolute atomic E-state index is 12.0. The third-order valence-electron chi connectivity index (χ3n) is 2.57. The number of carbonyl (C=O) groups excluding carboxylic acids is 1. The topological polar surface area (TPSA) is 75.1 Å². The molecule has 19 heavy (non-hydrogen) atoms. The SMILES string of the molecule is C=C1C=C(NC(=O)c2ccccn2)C(OC)=CC1=N. The van der Waals surface area contributed by atoms with Crippen molar-refractivity contribution >= 4 is 11.6 Å². The lowest BCUT2D eigenvalue weighted by molar-refractivity contribution is 0.0958. The lowest BCUT2D eigenvalue weighted by Crippen LogP contribution is -2.27. The quantitative estimate of drug-likeness (QED) is 0.865. The zero-order chi connectivity index (χ0) is 13.8. The second-order valence-corrected chi connectivity index (χ2v) is 3.88. The fraction of sp³-hybridized carbons (Fsp3) is 0.0714. The number of hydrogen-bond donors (Lipinski definition) is 2. The minimum absolute atomic E-state index is 0.257. The van der Waals surface area contributed by atoms with Crippen LogP contribution < -0.4 is 5.32 Å². The molecule has 0 aromatic carbocycles. The molecule has 0 atom stereocenters. The van der Waals surface area contributed by atoms with Crippen LogP contribution in [0.4, 0.5) is 0 Å². The molecule has 2 rings (SSSR count). The Morgan fingerprint density at radius 2 is 2.21 bits per heavy atom. The number of aromatic nitrogens is 1. The number of carbonyl (C=O) groups is 1. The van der Waals surface area contributed by atoms with Crippen molar-refractivity contribution in [2.24, 2.45) is 0 Å². The van der Waals surface area contributed by atoms with Crippen molar-refractivity contribution in [2.45, 2.75) is 0 Å². The van der Waals surface area contributed by atoms with E-state index in [0.717, 1.165) is 0 Å². The number of hydrogen-bond acceptors (Lipinski definition) is 4. The third kappa shape index (κ3) is 2.77. The van der Waals surface area contributed by atoms with Gasteiger partial charge in [-0.05, 0) is 23.8 Å². The second-order valence-electron chi connectivity index (χ2n) is 3.88. The molecule has 1 aliphatic carbocycles. The van der Waals surface area contributed by atoms with Crippen molar-refractivity contribution in [3.63, 3.8) is 0 Å². The maximum Gasteiger partial charge on any atom is 0.274 e. The molecule has 2 N–H and O–H groups in total. The van der Waals surface area contributed by atoms with E-state index >= 15 is 0 Å². The minimum Gasteiger partial charge on any atom is -0.494 e. The van der Waals surface area contributed by atoms with Crippen LogP contribution in [-0.4, -0.2) is 23.7 Å². The Bertz CT molecular complexity index is 600. The molecule has 5 heteroatoms. The van der Waals surface area contributed by atoms with Crippen molar-refractivity contribution in [1.82, 2.24) is 10.3 Å². The standard InChI is InChI=1S/C14H13N3O2/c1-9-7-12(13(19-2)8-10(9)15)17-14(18)11-5-3-4-6-16-11/h3-8,15H,1H2,2H3,(H,17,18). The van der Waals surface area contributed by atoms with E-state index in [4.69, 9.17) is 10.1 Å². The highest BCUT2D eigenvalue weighted by Gasteiger charge is 2.17. The predicted molar refractivity (Wildman–Crippen MR) is 71.7 cm³/mol. The van der Waals surface area contributed by atoms with Gasteiger partial charge in [-0.15, -0.1) is 0 Å². The molecule has 1 amide bonds. The van der Waals surface area contributed by atoms with E-state index in [2.05, 4.69) is 16.9 Å². The van der Waals surface area contributed by atoms with E-state index in [1.54, 1.807) is 30.5 Å². The first-order valence-corrected chi connectivity index (χ1v) is 5.60. The molecular formula is C14H13N3O2. The average Bonchev–Trinajstić information content (AvgIpc) is 2.43. The summed E-state index contributed by atoms with van der Waals surface area (Å²) in [4.78, 5) is 15.9. The summed E-state index contributed by atoms with van der Waals surface area (Å²) in [5.74, 6) is 0.0812. The van der Waals surface area contributed by atoms with E-state index in [1.165, 1.54) is 13.2 Å². The summed E-state index contributed by atoms with van der Waals surface area (Å²) >= 11 is 0.